The first-order valence-electron chi connectivity index (χ1n) is 6.28. The van der Waals surface area contributed by atoms with E-state index < -0.39 is 0 Å². The molecule has 2 N–H and O–H groups in total. The lowest BCUT2D eigenvalue weighted by atomic mass is 10.1. The van der Waals surface area contributed by atoms with E-state index in [1.807, 2.05) is 24.4 Å². The van der Waals surface area contributed by atoms with Crippen molar-refractivity contribution in [1.29, 1.82) is 0 Å². The standard InChI is InChI=1S/C16H13FN2O/c1-10-8-13(17)3-5-14(10)19-16(20)12-2-4-15-11(9-12)6-7-18-15/h2-9,18H,1H3,(H,19,20). The van der Waals surface area contributed by atoms with Crippen LogP contribution in [0.1, 0.15) is 15.9 Å². The first kappa shape index (κ1) is 12.4. The smallest absolute Gasteiger partial charge is 0.255 e. The molecule has 4 heteroatoms. The van der Waals surface area contributed by atoms with E-state index in [2.05, 4.69) is 10.3 Å². The van der Waals surface area contributed by atoms with Crippen LogP contribution in [0.25, 0.3) is 10.9 Å². The Morgan fingerprint density at radius 2 is 2.00 bits per heavy atom. The first-order chi connectivity index (χ1) is 9.63. The van der Waals surface area contributed by atoms with Gasteiger partial charge in [-0.3, -0.25) is 4.79 Å². The zero-order valence-corrected chi connectivity index (χ0v) is 10.9. The number of aromatic nitrogens is 1. The average molecular weight is 268 g/mol. The van der Waals surface area contributed by atoms with Gasteiger partial charge in [0.1, 0.15) is 5.82 Å². The number of fused-ring (bicyclic) bond motifs is 1. The van der Waals surface area contributed by atoms with Crippen molar-refractivity contribution in [1.82, 2.24) is 4.98 Å². The van der Waals surface area contributed by atoms with Crippen molar-refractivity contribution in [3.63, 3.8) is 0 Å². The van der Waals surface area contributed by atoms with E-state index in [4.69, 9.17) is 0 Å². The molecule has 0 aliphatic carbocycles. The molecule has 0 radical (unpaired) electrons. The van der Waals surface area contributed by atoms with Crippen LogP contribution >= 0.6 is 0 Å². The molecule has 0 fully saturated rings. The van der Waals surface area contributed by atoms with Gasteiger partial charge in [-0.25, -0.2) is 4.39 Å². The fraction of sp³-hybridized carbons (Fsp3) is 0.0625. The second kappa shape index (κ2) is 4.81. The monoisotopic (exact) mass is 268 g/mol. The van der Waals surface area contributed by atoms with Gasteiger partial charge in [0.2, 0.25) is 0 Å². The Morgan fingerprint density at radius 3 is 2.80 bits per heavy atom. The number of carbonyl (C=O) groups excluding carboxylic acids is 1. The highest BCUT2D eigenvalue weighted by Crippen LogP contribution is 2.19. The van der Waals surface area contributed by atoms with Crippen LogP contribution < -0.4 is 5.32 Å². The number of nitrogens with one attached hydrogen (secondary N) is 2. The number of rotatable bonds is 2. The number of H-pyrrole nitrogens is 1. The Morgan fingerprint density at radius 1 is 1.15 bits per heavy atom. The van der Waals surface area contributed by atoms with E-state index in [0.717, 1.165) is 10.9 Å². The summed E-state index contributed by atoms with van der Waals surface area (Å²) >= 11 is 0. The van der Waals surface area contributed by atoms with Crippen molar-refractivity contribution in [2.45, 2.75) is 6.92 Å². The van der Waals surface area contributed by atoms with E-state index in [1.165, 1.54) is 12.1 Å². The van der Waals surface area contributed by atoms with Gasteiger partial charge in [0.25, 0.3) is 5.91 Å². The van der Waals surface area contributed by atoms with Crippen LogP contribution in [-0.4, -0.2) is 10.9 Å². The summed E-state index contributed by atoms with van der Waals surface area (Å²) in [6, 6.07) is 11.6. The summed E-state index contributed by atoms with van der Waals surface area (Å²) in [7, 11) is 0. The van der Waals surface area contributed by atoms with Gasteiger partial charge in [0, 0.05) is 28.4 Å². The Balaban J connectivity index is 1.88. The van der Waals surface area contributed by atoms with Gasteiger partial charge in [-0.2, -0.15) is 0 Å². The van der Waals surface area contributed by atoms with E-state index >= 15 is 0 Å². The van der Waals surface area contributed by atoms with Crippen LogP contribution in [0.15, 0.2) is 48.7 Å². The minimum atomic E-state index is -0.311. The number of aryl methyl sites for hydroxylation is 1. The Bertz CT molecular complexity index is 792. The Labute approximate surface area is 115 Å². The minimum Gasteiger partial charge on any atom is -0.361 e. The van der Waals surface area contributed by atoms with Crippen molar-refractivity contribution in [2.75, 3.05) is 5.32 Å². The maximum absolute atomic E-state index is 13.0. The second-order valence-corrected chi connectivity index (χ2v) is 4.69. The summed E-state index contributed by atoms with van der Waals surface area (Å²) < 4.78 is 13.0. The third-order valence-corrected chi connectivity index (χ3v) is 3.25. The number of anilines is 1. The molecule has 3 rings (SSSR count). The number of halogens is 1. The van der Waals surface area contributed by atoms with Crippen molar-refractivity contribution in [2.24, 2.45) is 0 Å². The highest BCUT2D eigenvalue weighted by atomic mass is 19.1. The third-order valence-electron chi connectivity index (χ3n) is 3.25. The minimum absolute atomic E-state index is 0.206. The molecule has 0 aliphatic heterocycles. The molecule has 0 saturated carbocycles. The van der Waals surface area contributed by atoms with Gasteiger partial charge >= 0.3 is 0 Å². The van der Waals surface area contributed by atoms with Crippen molar-refractivity contribution < 1.29 is 9.18 Å². The fourth-order valence-electron chi connectivity index (χ4n) is 2.16. The SMILES string of the molecule is Cc1cc(F)ccc1NC(=O)c1ccc2[nH]ccc2c1. The topological polar surface area (TPSA) is 44.9 Å². The maximum Gasteiger partial charge on any atom is 0.255 e. The van der Waals surface area contributed by atoms with Gasteiger partial charge < -0.3 is 10.3 Å². The lowest BCUT2D eigenvalue weighted by molar-refractivity contribution is 0.102. The summed E-state index contributed by atoms with van der Waals surface area (Å²) in [6.07, 6.45) is 1.83. The van der Waals surface area contributed by atoms with E-state index in [9.17, 15) is 9.18 Å². The number of amides is 1. The van der Waals surface area contributed by atoms with E-state index in [1.54, 1.807) is 19.1 Å². The lowest BCUT2D eigenvalue weighted by Crippen LogP contribution is -2.12. The second-order valence-electron chi connectivity index (χ2n) is 4.69. The normalized spacial score (nSPS) is 10.7. The molecule has 0 saturated heterocycles. The zero-order chi connectivity index (χ0) is 14.1. The third kappa shape index (κ3) is 2.28. The molecule has 20 heavy (non-hydrogen) atoms. The van der Waals surface area contributed by atoms with Crippen LogP contribution in [0.3, 0.4) is 0 Å². The lowest BCUT2D eigenvalue weighted by Gasteiger charge is -2.08. The molecule has 0 unspecified atom stereocenters. The van der Waals surface area contributed by atoms with Crippen LogP contribution in [0, 0.1) is 12.7 Å². The predicted molar refractivity (Wildman–Crippen MR) is 77.4 cm³/mol. The summed E-state index contributed by atoms with van der Waals surface area (Å²) in [5.41, 5.74) is 2.87. The van der Waals surface area contributed by atoms with Crippen molar-refractivity contribution in [3.8, 4) is 0 Å². The molecular weight excluding hydrogens is 255 g/mol. The van der Waals surface area contributed by atoms with Crippen molar-refractivity contribution in [3.05, 3.63) is 65.6 Å². The Kier molecular flexibility index (Phi) is 2.99. The number of benzene rings is 2. The molecule has 0 aliphatic rings. The predicted octanol–water partition coefficient (Wildman–Crippen LogP) is 3.87. The highest BCUT2D eigenvalue weighted by molar-refractivity contribution is 6.06. The molecule has 1 aromatic heterocycles. The number of hydrogen-bond acceptors (Lipinski definition) is 1. The first-order valence-corrected chi connectivity index (χ1v) is 6.28. The molecule has 3 aromatic rings. The summed E-state index contributed by atoms with van der Waals surface area (Å²) in [5, 5.41) is 3.77. The van der Waals surface area contributed by atoms with E-state index in [-0.39, 0.29) is 11.7 Å². The zero-order valence-electron chi connectivity index (χ0n) is 10.9. The van der Waals surface area contributed by atoms with Crippen LogP contribution in [-0.2, 0) is 0 Å². The molecule has 2 aromatic carbocycles. The van der Waals surface area contributed by atoms with Crippen LogP contribution in [0.2, 0.25) is 0 Å². The number of hydrogen-bond donors (Lipinski definition) is 2. The molecular formula is C16H13FN2O. The largest absolute Gasteiger partial charge is 0.361 e. The highest BCUT2D eigenvalue weighted by Gasteiger charge is 2.09. The molecule has 0 bridgehead atoms. The quantitative estimate of drug-likeness (QED) is 0.728. The summed E-state index contributed by atoms with van der Waals surface area (Å²) in [6.45, 7) is 1.76. The molecule has 100 valence electrons. The summed E-state index contributed by atoms with van der Waals surface area (Å²) in [5.74, 6) is -0.517. The average Bonchev–Trinajstić information content (AvgIpc) is 2.89. The molecule has 0 spiro atoms. The van der Waals surface area contributed by atoms with Gasteiger partial charge in [0.15, 0.2) is 0 Å². The summed E-state index contributed by atoms with van der Waals surface area (Å²) in [4.78, 5) is 15.3. The number of aromatic amines is 1. The van der Waals surface area contributed by atoms with Gasteiger partial charge in [-0.1, -0.05) is 0 Å². The van der Waals surface area contributed by atoms with Gasteiger partial charge in [-0.15, -0.1) is 0 Å². The number of carbonyl (C=O) groups is 1. The molecule has 3 nitrogen and oxygen atoms in total. The van der Waals surface area contributed by atoms with Crippen LogP contribution in [0.4, 0.5) is 10.1 Å². The Hall–Kier alpha value is -2.62. The molecule has 1 amide bonds. The van der Waals surface area contributed by atoms with Crippen molar-refractivity contribution >= 4 is 22.5 Å². The molecule has 0 atom stereocenters. The fourth-order valence-corrected chi connectivity index (χ4v) is 2.16. The van der Waals surface area contributed by atoms with Crippen LogP contribution in [0.5, 0.6) is 0 Å². The van der Waals surface area contributed by atoms with Gasteiger partial charge in [-0.05, 0) is 55.0 Å². The maximum atomic E-state index is 13.0. The molecule has 1 heterocycles. The van der Waals surface area contributed by atoms with Gasteiger partial charge in [0.05, 0.1) is 0 Å². The van der Waals surface area contributed by atoms with E-state index in [0.29, 0.717) is 16.8 Å².